The van der Waals surface area contributed by atoms with Crippen molar-refractivity contribution >= 4 is 12.4 Å². The van der Waals surface area contributed by atoms with Crippen LogP contribution in [-0.2, 0) is 0 Å². The van der Waals surface area contributed by atoms with Gasteiger partial charge in [0.25, 0.3) is 0 Å². The normalized spacial score (nSPS) is 12.0. The SMILES string of the molecule is Cl.NC[C@@H](N)c1c(F)ccc(F)c1O. The molecule has 0 unspecified atom stereocenters. The molecular weight excluding hydrogens is 214 g/mol. The first-order valence-corrected chi connectivity index (χ1v) is 3.70. The molecule has 1 aromatic carbocycles. The van der Waals surface area contributed by atoms with E-state index in [-0.39, 0.29) is 24.5 Å². The largest absolute Gasteiger partial charge is 0.505 e. The molecule has 1 aromatic rings. The summed E-state index contributed by atoms with van der Waals surface area (Å²) in [4.78, 5) is 0. The fraction of sp³-hybridized carbons (Fsp3) is 0.250. The summed E-state index contributed by atoms with van der Waals surface area (Å²) in [5.41, 5.74) is 10.3. The molecule has 0 aromatic heterocycles. The first kappa shape index (κ1) is 13.1. The van der Waals surface area contributed by atoms with Gasteiger partial charge in [-0.05, 0) is 12.1 Å². The maximum Gasteiger partial charge on any atom is 0.165 e. The third-order valence-electron chi connectivity index (χ3n) is 1.74. The standard InChI is InChI=1S/C8H10F2N2O.ClH/c9-4-1-2-5(10)8(13)7(4)6(12)3-11;/h1-2,6,13H,3,11-12H2;1H/t6-;/m1./s1. The van der Waals surface area contributed by atoms with Crippen molar-refractivity contribution in [1.29, 1.82) is 0 Å². The summed E-state index contributed by atoms with van der Waals surface area (Å²) in [6, 6.07) is 0.841. The van der Waals surface area contributed by atoms with Gasteiger partial charge in [0, 0.05) is 12.6 Å². The summed E-state index contributed by atoms with van der Waals surface area (Å²) in [7, 11) is 0. The van der Waals surface area contributed by atoms with Gasteiger partial charge in [-0.1, -0.05) is 0 Å². The highest BCUT2D eigenvalue weighted by atomic mass is 35.5. The molecule has 0 aliphatic rings. The quantitative estimate of drug-likeness (QED) is 0.703. The van der Waals surface area contributed by atoms with Gasteiger partial charge < -0.3 is 16.6 Å². The molecule has 5 N–H and O–H groups in total. The molecule has 0 spiro atoms. The number of rotatable bonds is 2. The molecule has 0 aliphatic heterocycles. The second-order valence-electron chi connectivity index (χ2n) is 2.63. The molecule has 0 fully saturated rings. The second-order valence-corrected chi connectivity index (χ2v) is 2.63. The van der Waals surface area contributed by atoms with Crippen molar-refractivity contribution in [2.24, 2.45) is 11.5 Å². The third kappa shape index (κ3) is 2.31. The van der Waals surface area contributed by atoms with E-state index in [2.05, 4.69) is 0 Å². The zero-order chi connectivity index (χ0) is 10.0. The van der Waals surface area contributed by atoms with Crippen molar-refractivity contribution in [3.05, 3.63) is 29.3 Å². The van der Waals surface area contributed by atoms with Crippen LogP contribution in [0.15, 0.2) is 12.1 Å². The van der Waals surface area contributed by atoms with Crippen LogP contribution in [0.25, 0.3) is 0 Å². The first-order chi connectivity index (χ1) is 6.07. The summed E-state index contributed by atoms with van der Waals surface area (Å²) in [6.07, 6.45) is 0. The molecule has 14 heavy (non-hydrogen) atoms. The van der Waals surface area contributed by atoms with Gasteiger partial charge in [0.1, 0.15) is 5.82 Å². The van der Waals surface area contributed by atoms with E-state index in [0.29, 0.717) is 0 Å². The van der Waals surface area contributed by atoms with E-state index in [4.69, 9.17) is 16.6 Å². The van der Waals surface area contributed by atoms with Crippen molar-refractivity contribution < 1.29 is 13.9 Å². The monoisotopic (exact) mass is 224 g/mol. The molecule has 1 atom stereocenters. The highest BCUT2D eigenvalue weighted by Crippen LogP contribution is 2.27. The van der Waals surface area contributed by atoms with Crippen LogP contribution in [0.3, 0.4) is 0 Å². The smallest absolute Gasteiger partial charge is 0.165 e. The maximum atomic E-state index is 13.0. The van der Waals surface area contributed by atoms with Crippen LogP contribution in [-0.4, -0.2) is 11.7 Å². The van der Waals surface area contributed by atoms with Crippen molar-refractivity contribution in [3.8, 4) is 5.75 Å². The Bertz CT molecular complexity index is 322. The van der Waals surface area contributed by atoms with Crippen LogP contribution in [0.4, 0.5) is 8.78 Å². The van der Waals surface area contributed by atoms with Gasteiger partial charge in [0.2, 0.25) is 0 Å². The lowest BCUT2D eigenvalue weighted by atomic mass is 10.1. The summed E-state index contributed by atoms with van der Waals surface area (Å²) >= 11 is 0. The van der Waals surface area contributed by atoms with Gasteiger partial charge in [-0.3, -0.25) is 0 Å². The minimum Gasteiger partial charge on any atom is -0.505 e. The molecule has 6 heteroatoms. The molecular formula is C8H11ClF2N2O. The molecule has 0 saturated carbocycles. The molecule has 0 amide bonds. The van der Waals surface area contributed by atoms with Crippen molar-refractivity contribution in [1.82, 2.24) is 0 Å². The Morgan fingerprint density at radius 1 is 1.29 bits per heavy atom. The van der Waals surface area contributed by atoms with Gasteiger partial charge in [-0.25, -0.2) is 8.78 Å². The van der Waals surface area contributed by atoms with Crippen LogP contribution >= 0.6 is 12.4 Å². The lowest BCUT2D eigenvalue weighted by Gasteiger charge is -2.12. The fourth-order valence-electron chi connectivity index (χ4n) is 1.03. The Balaban J connectivity index is 0.00000169. The van der Waals surface area contributed by atoms with E-state index in [1.807, 2.05) is 0 Å². The van der Waals surface area contributed by atoms with E-state index in [1.165, 1.54) is 0 Å². The number of hydrogen-bond acceptors (Lipinski definition) is 3. The van der Waals surface area contributed by atoms with Crippen LogP contribution in [0.1, 0.15) is 11.6 Å². The zero-order valence-corrected chi connectivity index (χ0v) is 8.02. The molecule has 0 heterocycles. The van der Waals surface area contributed by atoms with Crippen LogP contribution in [0, 0.1) is 11.6 Å². The molecule has 1 rings (SSSR count). The number of benzene rings is 1. The number of halogens is 3. The van der Waals surface area contributed by atoms with E-state index in [0.717, 1.165) is 12.1 Å². The fourth-order valence-corrected chi connectivity index (χ4v) is 1.03. The maximum absolute atomic E-state index is 13.0. The average molecular weight is 225 g/mol. The number of phenolic OH excluding ortho intramolecular Hbond substituents is 1. The zero-order valence-electron chi connectivity index (χ0n) is 7.21. The van der Waals surface area contributed by atoms with Crippen LogP contribution in [0.2, 0.25) is 0 Å². The van der Waals surface area contributed by atoms with Gasteiger partial charge in [0.15, 0.2) is 11.6 Å². The van der Waals surface area contributed by atoms with E-state index in [1.54, 1.807) is 0 Å². The second kappa shape index (κ2) is 5.09. The van der Waals surface area contributed by atoms with Gasteiger partial charge in [-0.15, -0.1) is 12.4 Å². The summed E-state index contributed by atoms with van der Waals surface area (Å²) in [5, 5.41) is 9.13. The minimum atomic E-state index is -0.902. The minimum absolute atomic E-state index is 0. The molecule has 0 radical (unpaired) electrons. The van der Waals surface area contributed by atoms with E-state index in [9.17, 15) is 8.78 Å². The predicted octanol–water partition coefficient (Wildman–Crippen LogP) is 1.05. The Hall–Kier alpha value is -0.910. The van der Waals surface area contributed by atoms with Crippen LogP contribution < -0.4 is 11.5 Å². The van der Waals surface area contributed by atoms with Crippen LogP contribution in [0.5, 0.6) is 5.75 Å². The number of phenols is 1. The predicted molar refractivity (Wildman–Crippen MR) is 51.3 cm³/mol. The molecule has 0 bridgehead atoms. The van der Waals surface area contributed by atoms with E-state index < -0.39 is 23.4 Å². The Kier molecular flexibility index (Phi) is 4.76. The van der Waals surface area contributed by atoms with Gasteiger partial charge in [-0.2, -0.15) is 0 Å². The Labute approximate surface area is 86.1 Å². The molecule has 3 nitrogen and oxygen atoms in total. The van der Waals surface area contributed by atoms with Crippen molar-refractivity contribution in [3.63, 3.8) is 0 Å². The first-order valence-electron chi connectivity index (χ1n) is 3.70. The molecule has 0 saturated heterocycles. The lowest BCUT2D eigenvalue weighted by molar-refractivity contribution is 0.411. The Morgan fingerprint density at radius 2 is 1.79 bits per heavy atom. The lowest BCUT2D eigenvalue weighted by Crippen LogP contribution is -2.22. The summed E-state index contributed by atoms with van der Waals surface area (Å²) < 4.78 is 25.7. The number of nitrogens with two attached hydrogens (primary N) is 2. The highest BCUT2D eigenvalue weighted by molar-refractivity contribution is 5.85. The Morgan fingerprint density at radius 3 is 2.29 bits per heavy atom. The van der Waals surface area contributed by atoms with Crippen molar-refractivity contribution in [2.75, 3.05) is 6.54 Å². The van der Waals surface area contributed by atoms with Gasteiger partial charge >= 0.3 is 0 Å². The van der Waals surface area contributed by atoms with E-state index >= 15 is 0 Å². The number of aromatic hydroxyl groups is 1. The number of hydrogen-bond donors (Lipinski definition) is 3. The molecule has 0 aliphatic carbocycles. The molecule has 80 valence electrons. The van der Waals surface area contributed by atoms with Crippen molar-refractivity contribution in [2.45, 2.75) is 6.04 Å². The summed E-state index contributed by atoms with van der Waals surface area (Å²) in [6.45, 7) is -0.0616. The highest BCUT2D eigenvalue weighted by Gasteiger charge is 2.17. The summed E-state index contributed by atoms with van der Waals surface area (Å²) in [5.74, 6) is -2.42. The van der Waals surface area contributed by atoms with Gasteiger partial charge in [0.05, 0.1) is 5.56 Å². The average Bonchev–Trinajstić information content (AvgIpc) is 2.12. The topological polar surface area (TPSA) is 72.3 Å². The third-order valence-corrected chi connectivity index (χ3v) is 1.74.